The van der Waals surface area contributed by atoms with Gasteiger partial charge in [0.25, 0.3) is 0 Å². The van der Waals surface area contributed by atoms with Crippen molar-refractivity contribution < 1.29 is 73.5 Å². The van der Waals surface area contributed by atoms with Gasteiger partial charge in [0.2, 0.25) is 0 Å². The molecule has 5 aromatic carbocycles. The average molecular weight is 825 g/mol. The topological polar surface area (TPSA) is 0 Å². The van der Waals surface area contributed by atoms with Gasteiger partial charge in [-0.25, -0.2) is 43.9 Å². The van der Waals surface area contributed by atoms with Gasteiger partial charge in [0, 0.05) is 32.3 Å². The third-order valence-corrected chi connectivity index (χ3v) is 8.93. The van der Waals surface area contributed by atoms with Crippen LogP contribution < -0.4 is 51.4 Å². The summed E-state index contributed by atoms with van der Waals surface area (Å²) in [5, 5.41) is 0. The Kier molecular flexibility index (Phi) is 15.9. The third kappa shape index (κ3) is 8.62. The predicted octanol–water partition coefficient (Wildman–Crippen LogP) is 7.76. The van der Waals surface area contributed by atoms with Crippen LogP contribution in [0.15, 0.2) is 98.0 Å². The summed E-state index contributed by atoms with van der Waals surface area (Å²) in [6.45, 7) is 16.7. The molecule has 0 aliphatic carbocycles. The van der Waals surface area contributed by atoms with Crippen LogP contribution in [0.1, 0.15) is 35.2 Å². The van der Waals surface area contributed by atoms with Gasteiger partial charge in [-0.1, -0.05) is 135 Å². The van der Waals surface area contributed by atoms with E-state index in [1.54, 1.807) is 0 Å². The fraction of sp³-hybridized carbons (Fsp3) is 0.0244. The van der Waals surface area contributed by atoms with E-state index in [-0.39, 0.29) is 42.5 Å². The minimum absolute atomic E-state index is 0. The van der Waals surface area contributed by atoms with Crippen molar-refractivity contribution >= 4 is 74.3 Å². The van der Waals surface area contributed by atoms with Crippen molar-refractivity contribution in [2.24, 2.45) is 0 Å². The summed E-state index contributed by atoms with van der Waals surface area (Å²) in [5.41, 5.74) is -4.14. The molecule has 0 aliphatic rings. The van der Waals surface area contributed by atoms with Crippen molar-refractivity contribution in [2.45, 2.75) is 7.43 Å². The van der Waals surface area contributed by atoms with Gasteiger partial charge in [0.15, 0.2) is 0 Å². The van der Waals surface area contributed by atoms with Crippen molar-refractivity contribution in [3.05, 3.63) is 184 Å². The SMILES string of the molecule is C.C=Cc1c(F)cc(Br)cc1F.C=Cc1c(F)cc([B-](c2cc(F)c(C=C)c(F)c2)(c2cc(F)c(C=C)c(F)c2)c2cc(F)c(C=C)c(F)c2)cc1F.[Na+]. The molecule has 0 spiro atoms. The van der Waals surface area contributed by atoms with Crippen LogP contribution in [0.25, 0.3) is 30.4 Å². The van der Waals surface area contributed by atoms with Gasteiger partial charge < -0.3 is 0 Å². The van der Waals surface area contributed by atoms with Crippen LogP contribution in [0.3, 0.4) is 0 Å². The molecule has 0 aliphatic heterocycles. The monoisotopic (exact) mass is 824 g/mol. The van der Waals surface area contributed by atoms with Gasteiger partial charge in [0.1, 0.15) is 64.3 Å². The zero-order valence-corrected chi connectivity index (χ0v) is 31.5. The van der Waals surface area contributed by atoms with E-state index >= 15 is 35.1 Å². The Morgan fingerprint density at radius 3 is 0.648 bits per heavy atom. The van der Waals surface area contributed by atoms with Crippen molar-refractivity contribution in [2.75, 3.05) is 0 Å². The van der Waals surface area contributed by atoms with Crippen LogP contribution in [0, 0.1) is 58.2 Å². The Labute approximate surface area is 337 Å². The molecule has 0 unspecified atom stereocenters. The Hall–Kier alpha value is -4.36. The Morgan fingerprint density at radius 2 is 0.500 bits per heavy atom. The fourth-order valence-corrected chi connectivity index (χ4v) is 6.50. The second-order valence-corrected chi connectivity index (χ2v) is 12.2. The maximum absolute atomic E-state index is 15.2. The number of benzene rings is 5. The largest absolute Gasteiger partial charge is 1.00 e. The molecule has 5 rings (SSSR count). The predicted molar refractivity (Wildman–Crippen MR) is 201 cm³/mol. The first-order valence-electron chi connectivity index (χ1n) is 15.0. The molecule has 5 aromatic rings. The summed E-state index contributed by atoms with van der Waals surface area (Å²) in [6.07, 6.45) is 1.13. The standard InChI is InChI=1S/C32H20BF8.C8H5BrF2.CH4.Na/c1-5-21-25(34)9-17(10-26(21)35)33(18-11-27(36)22(6-2)28(37)12-18,19-13-29(38)23(7-3)30(39)14-19)20-15-31(40)24(8-4)32(41)16-20;1-2-6-7(10)3-5(9)4-8(6)11;;/h5-16H,1-4H2;2-4H,1H2;1H4;/q-1;;;+1. The molecule has 0 amide bonds. The van der Waals surface area contributed by atoms with Gasteiger partial charge >= 0.3 is 29.6 Å². The van der Waals surface area contributed by atoms with Gasteiger partial charge in [-0.05, 0) is 12.1 Å². The molecule has 0 aromatic heterocycles. The summed E-state index contributed by atoms with van der Waals surface area (Å²) in [6, 6.07) is 8.43. The van der Waals surface area contributed by atoms with E-state index in [1.165, 1.54) is 12.1 Å². The molecule has 54 heavy (non-hydrogen) atoms. The van der Waals surface area contributed by atoms with Crippen LogP contribution in [-0.2, 0) is 0 Å². The molecule has 0 saturated carbocycles. The molecule has 0 heterocycles. The zero-order chi connectivity index (χ0) is 38.7. The summed E-state index contributed by atoms with van der Waals surface area (Å²) in [7, 11) is 0. The van der Waals surface area contributed by atoms with Gasteiger partial charge in [0.05, 0.1) is 0 Å². The van der Waals surface area contributed by atoms with E-state index in [9.17, 15) is 8.78 Å². The second kappa shape index (κ2) is 18.8. The van der Waals surface area contributed by atoms with Gasteiger partial charge in [-0.15, -0.1) is 0 Å². The average Bonchev–Trinajstić information content (AvgIpc) is 3.05. The van der Waals surface area contributed by atoms with Crippen LogP contribution in [0.4, 0.5) is 43.9 Å². The van der Waals surface area contributed by atoms with Gasteiger partial charge in [-0.3, -0.25) is 0 Å². The molecule has 0 bridgehead atoms. The number of rotatable bonds is 9. The van der Waals surface area contributed by atoms with E-state index in [1.807, 2.05) is 0 Å². The van der Waals surface area contributed by atoms with E-state index in [4.69, 9.17) is 0 Å². The Bertz CT molecular complexity index is 1910. The number of halogens is 11. The molecule has 0 fully saturated rings. The molecule has 0 N–H and O–H groups in total. The first-order chi connectivity index (χ1) is 24.6. The van der Waals surface area contributed by atoms with Crippen LogP contribution in [0.2, 0.25) is 0 Å². The minimum Gasteiger partial charge on any atom is -0.206 e. The maximum atomic E-state index is 15.2. The summed E-state index contributed by atoms with van der Waals surface area (Å²) >= 11 is 2.96. The van der Waals surface area contributed by atoms with Crippen LogP contribution in [-0.4, -0.2) is 6.15 Å². The van der Waals surface area contributed by atoms with Crippen molar-refractivity contribution in [3.63, 3.8) is 0 Å². The van der Waals surface area contributed by atoms with E-state index < -0.39 is 108 Å². The van der Waals surface area contributed by atoms with E-state index in [0.717, 1.165) is 78.9 Å². The molecular weight excluding hydrogens is 796 g/mol. The first-order valence-corrected chi connectivity index (χ1v) is 15.8. The molecule has 274 valence electrons. The second-order valence-electron chi connectivity index (χ2n) is 11.3. The molecule has 0 nitrogen and oxygen atoms in total. The van der Waals surface area contributed by atoms with E-state index in [2.05, 4.69) is 48.8 Å². The summed E-state index contributed by atoms with van der Waals surface area (Å²) in [4.78, 5) is 0. The van der Waals surface area contributed by atoms with Crippen molar-refractivity contribution in [1.82, 2.24) is 0 Å². The quantitative estimate of drug-likeness (QED) is 0.105. The van der Waals surface area contributed by atoms with Crippen LogP contribution in [0.5, 0.6) is 0 Å². The van der Waals surface area contributed by atoms with Crippen LogP contribution >= 0.6 is 15.9 Å². The Balaban J connectivity index is 0.000000667. The number of hydrogen-bond acceptors (Lipinski definition) is 0. The molecule has 0 atom stereocenters. The zero-order valence-electron chi connectivity index (χ0n) is 27.9. The Morgan fingerprint density at radius 1 is 0.352 bits per heavy atom. The maximum Gasteiger partial charge on any atom is 1.00 e. The van der Waals surface area contributed by atoms with Crippen molar-refractivity contribution in [3.8, 4) is 0 Å². The molecular formula is C41H29BBrF10Na. The summed E-state index contributed by atoms with van der Waals surface area (Å²) < 4.78 is 148. The number of hydrogen-bond donors (Lipinski definition) is 0. The molecule has 0 saturated heterocycles. The summed E-state index contributed by atoms with van der Waals surface area (Å²) in [5.74, 6) is -10.8. The third-order valence-electron chi connectivity index (χ3n) is 8.47. The smallest absolute Gasteiger partial charge is 0.206 e. The van der Waals surface area contributed by atoms with Crippen molar-refractivity contribution in [1.29, 1.82) is 0 Å². The van der Waals surface area contributed by atoms with Gasteiger partial charge in [-0.2, -0.15) is 21.9 Å². The fourth-order valence-electron chi connectivity index (χ4n) is 6.10. The first kappa shape index (κ1) is 45.8. The molecule has 0 radical (unpaired) electrons. The normalized spacial score (nSPS) is 10.6. The minimum atomic E-state index is -3.51. The van der Waals surface area contributed by atoms with E-state index in [0.29, 0.717) is 4.47 Å². The molecule has 13 heteroatoms.